The Morgan fingerprint density at radius 1 is 0.774 bits per heavy atom. The first-order chi connectivity index (χ1) is 15.3. The van der Waals surface area contributed by atoms with Crippen molar-refractivity contribution in [1.29, 1.82) is 0 Å². The Balaban J connectivity index is 1.25. The van der Waals surface area contributed by atoms with Gasteiger partial charge in [0.2, 0.25) is 12.7 Å². The van der Waals surface area contributed by atoms with Crippen molar-refractivity contribution in [3.05, 3.63) is 90.0 Å². The Labute approximate surface area is 182 Å². The molecule has 0 unspecified atom stereocenters. The van der Waals surface area contributed by atoms with Crippen LogP contribution in [0.2, 0.25) is 0 Å². The van der Waals surface area contributed by atoms with E-state index in [2.05, 4.69) is 35.2 Å². The molecule has 1 fully saturated rings. The van der Waals surface area contributed by atoms with Crippen LogP contribution in [0, 0.1) is 0 Å². The Bertz CT molecular complexity index is 992. The molecule has 2 aliphatic rings. The predicted molar refractivity (Wildman–Crippen MR) is 121 cm³/mol. The molecule has 2 aliphatic heterocycles. The van der Waals surface area contributed by atoms with E-state index in [0.29, 0.717) is 6.42 Å². The number of amides is 1. The molecule has 0 saturated carbocycles. The molecule has 0 bridgehead atoms. The normalized spacial score (nSPS) is 15.4. The van der Waals surface area contributed by atoms with Crippen LogP contribution < -0.4 is 14.4 Å². The topological polar surface area (TPSA) is 42.0 Å². The molecule has 5 rings (SSSR count). The highest BCUT2D eigenvalue weighted by Gasteiger charge is 2.26. The van der Waals surface area contributed by atoms with Crippen molar-refractivity contribution in [1.82, 2.24) is 4.90 Å². The van der Waals surface area contributed by atoms with Gasteiger partial charge in [0.05, 0.1) is 0 Å². The monoisotopic (exact) mass is 414 g/mol. The summed E-state index contributed by atoms with van der Waals surface area (Å²) in [5.74, 6) is 1.87. The summed E-state index contributed by atoms with van der Waals surface area (Å²) in [5.41, 5.74) is 3.48. The van der Waals surface area contributed by atoms with Crippen molar-refractivity contribution in [2.24, 2.45) is 0 Å². The van der Waals surface area contributed by atoms with Crippen LogP contribution in [-0.4, -0.2) is 43.8 Å². The molecule has 0 aliphatic carbocycles. The lowest BCUT2D eigenvalue weighted by Gasteiger charge is -2.36. The maximum absolute atomic E-state index is 13.2. The molecule has 31 heavy (non-hydrogen) atoms. The van der Waals surface area contributed by atoms with Gasteiger partial charge in [0.25, 0.3) is 0 Å². The van der Waals surface area contributed by atoms with E-state index in [1.165, 1.54) is 11.1 Å². The summed E-state index contributed by atoms with van der Waals surface area (Å²) in [6, 6.07) is 26.7. The summed E-state index contributed by atoms with van der Waals surface area (Å²) in [6.45, 7) is 3.36. The number of fused-ring (bicyclic) bond motifs is 1. The van der Waals surface area contributed by atoms with E-state index >= 15 is 0 Å². The Kier molecular flexibility index (Phi) is 5.48. The molecule has 0 atom stereocenters. The van der Waals surface area contributed by atoms with Crippen molar-refractivity contribution in [2.75, 3.05) is 37.9 Å². The largest absolute Gasteiger partial charge is 0.454 e. The number of hydrogen-bond donors (Lipinski definition) is 0. The van der Waals surface area contributed by atoms with Crippen LogP contribution in [0.5, 0.6) is 11.5 Å². The number of ether oxygens (including phenoxy) is 2. The van der Waals surface area contributed by atoms with Crippen LogP contribution in [0.1, 0.15) is 23.5 Å². The zero-order chi connectivity index (χ0) is 21.0. The summed E-state index contributed by atoms with van der Waals surface area (Å²) in [5, 5.41) is 0. The number of carbonyl (C=O) groups is 1. The number of nitrogens with zero attached hydrogens (tertiary/aromatic N) is 2. The van der Waals surface area contributed by atoms with Crippen molar-refractivity contribution in [2.45, 2.75) is 12.3 Å². The van der Waals surface area contributed by atoms with E-state index in [1.54, 1.807) is 0 Å². The lowest BCUT2D eigenvalue weighted by molar-refractivity contribution is -0.131. The van der Waals surface area contributed by atoms with Crippen LogP contribution in [0.3, 0.4) is 0 Å². The van der Waals surface area contributed by atoms with E-state index in [1.807, 2.05) is 53.4 Å². The van der Waals surface area contributed by atoms with E-state index in [0.717, 1.165) is 43.4 Å². The third-order valence-corrected chi connectivity index (χ3v) is 6.14. The summed E-state index contributed by atoms with van der Waals surface area (Å²) < 4.78 is 10.9. The van der Waals surface area contributed by atoms with Gasteiger partial charge in [-0.05, 0) is 23.3 Å². The second-order valence-corrected chi connectivity index (χ2v) is 7.98. The fourth-order valence-electron chi connectivity index (χ4n) is 4.40. The highest BCUT2D eigenvalue weighted by Crippen LogP contribution is 2.36. The summed E-state index contributed by atoms with van der Waals surface area (Å²) in [6.07, 6.45) is 0.484. The number of anilines is 1. The van der Waals surface area contributed by atoms with Crippen LogP contribution in [-0.2, 0) is 4.79 Å². The van der Waals surface area contributed by atoms with Crippen LogP contribution >= 0.6 is 0 Å². The number of carbonyl (C=O) groups excluding carboxylic acids is 1. The van der Waals surface area contributed by atoms with Gasteiger partial charge in [-0.3, -0.25) is 4.79 Å². The minimum Gasteiger partial charge on any atom is -0.454 e. The van der Waals surface area contributed by atoms with E-state index in [9.17, 15) is 4.79 Å². The Morgan fingerprint density at radius 2 is 1.39 bits per heavy atom. The molecule has 5 heteroatoms. The fourth-order valence-corrected chi connectivity index (χ4v) is 4.40. The van der Waals surface area contributed by atoms with E-state index in [-0.39, 0.29) is 18.6 Å². The molecule has 1 saturated heterocycles. The number of piperazine rings is 1. The van der Waals surface area contributed by atoms with Gasteiger partial charge in [0.15, 0.2) is 11.5 Å². The summed E-state index contributed by atoms with van der Waals surface area (Å²) in [7, 11) is 0. The second-order valence-electron chi connectivity index (χ2n) is 7.98. The predicted octanol–water partition coefficient (Wildman–Crippen LogP) is 4.29. The molecule has 3 aromatic rings. The molecule has 0 radical (unpaired) electrons. The molecule has 5 nitrogen and oxygen atoms in total. The molecule has 1 amide bonds. The third kappa shape index (κ3) is 4.22. The number of hydrogen-bond acceptors (Lipinski definition) is 4. The van der Waals surface area contributed by atoms with E-state index < -0.39 is 0 Å². The van der Waals surface area contributed by atoms with Gasteiger partial charge < -0.3 is 19.3 Å². The average molecular weight is 415 g/mol. The summed E-state index contributed by atoms with van der Waals surface area (Å²) in [4.78, 5) is 17.5. The minimum atomic E-state index is 0.0711. The molecule has 0 aromatic heterocycles. The third-order valence-electron chi connectivity index (χ3n) is 6.14. The molecule has 2 heterocycles. The first-order valence-corrected chi connectivity index (χ1v) is 10.8. The van der Waals surface area contributed by atoms with Crippen LogP contribution in [0.25, 0.3) is 0 Å². The van der Waals surface area contributed by atoms with Crippen LogP contribution in [0.4, 0.5) is 5.69 Å². The highest BCUT2D eigenvalue weighted by atomic mass is 16.7. The van der Waals surface area contributed by atoms with Crippen LogP contribution in [0.15, 0.2) is 78.9 Å². The van der Waals surface area contributed by atoms with Gasteiger partial charge in [-0.25, -0.2) is 0 Å². The van der Waals surface area contributed by atoms with Gasteiger partial charge in [-0.15, -0.1) is 0 Å². The van der Waals surface area contributed by atoms with Gasteiger partial charge in [0.1, 0.15) is 0 Å². The lowest BCUT2D eigenvalue weighted by Crippen LogP contribution is -2.49. The van der Waals surface area contributed by atoms with Gasteiger partial charge in [-0.1, -0.05) is 60.7 Å². The number of rotatable bonds is 5. The standard InChI is InChI=1S/C26H26N2O3/c29-26(18-23(20-7-3-1-4-8-20)21-9-5-2-6-10-21)28-15-13-27(14-16-28)22-11-12-24-25(17-22)31-19-30-24/h1-12,17,23H,13-16,18-19H2. The zero-order valence-corrected chi connectivity index (χ0v) is 17.4. The smallest absolute Gasteiger partial charge is 0.231 e. The van der Waals surface area contributed by atoms with Gasteiger partial charge in [0, 0.05) is 50.3 Å². The van der Waals surface area contributed by atoms with Gasteiger partial charge >= 0.3 is 0 Å². The van der Waals surface area contributed by atoms with Crippen molar-refractivity contribution in [3.63, 3.8) is 0 Å². The first kappa shape index (κ1) is 19.5. The lowest BCUT2D eigenvalue weighted by atomic mass is 9.88. The van der Waals surface area contributed by atoms with Crippen molar-refractivity contribution < 1.29 is 14.3 Å². The Morgan fingerprint density at radius 3 is 2.03 bits per heavy atom. The quantitative estimate of drug-likeness (QED) is 0.625. The maximum atomic E-state index is 13.2. The van der Waals surface area contributed by atoms with Gasteiger partial charge in [-0.2, -0.15) is 0 Å². The second kappa shape index (κ2) is 8.72. The minimum absolute atomic E-state index is 0.0711. The SMILES string of the molecule is O=C(CC(c1ccccc1)c1ccccc1)N1CCN(c2ccc3c(c2)OCO3)CC1. The summed E-state index contributed by atoms with van der Waals surface area (Å²) >= 11 is 0. The molecular weight excluding hydrogens is 388 g/mol. The fraction of sp³-hybridized carbons (Fsp3) is 0.269. The number of benzene rings is 3. The van der Waals surface area contributed by atoms with E-state index in [4.69, 9.17) is 9.47 Å². The highest BCUT2D eigenvalue weighted by molar-refractivity contribution is 5.78. The Hall–Kier alpha value is -3.47. The molecular formula is C26H26N2O3. The molecule has 3 aromatic carbocycles. The van der Waals surface area contributed by atoms with Crippen molar-refractivity contribution >= 4 is 11.6 Å². The molecule has 158 valence electrons. The molecule has 0 N–H and O–H groups in total. The maximum Gasteiger partial charge on any atom is 0.231 e. The zero-order valence-electron chi connectivity index (χ0n) is 17.4. The first-order valence-electron chi connectivity index (χ1n) is 10.8. The van der Waals surface area contributed by atoms with Crippen molar-refractivity contribution in [3.8, 4) is 11.5 Å². The average Bonchev–Trinajstić information content (AvgIpc) is 3.32. The molecule has 0 spiro atoms.